The van der Waals surface area contributed by atoms with Crippen LogP contribution >= 0.6 is 0 Å². The van der Waals surface area contributed by atoms with Crippen LogP contribution < -0.4 is 5.32 Å². The SMILES string of the molecule is O=[C]Nc1cccc2ocnc12. The van der Waals surface area contributed by atoms with Gasteiger partial charge in [0.1, 0.15) is 5.52 Å². The second-order valence-corrected chi connectivity index (χ2v) is 2.23. The van der Waals surface area contributed by atoms with Crippen molar-refractivity contribution < 1.29 is 9.21 Å². The number of fused-ring (bicyclic) bond motifs is 1. The average Bonchev–Trinajstić information content (AvgIpc) is 2.53. The van der Waals surface area contributed by atoms with Gasteiger partial charge in [-0.1, -0.05) is 6.07 Å². The monoisotopic (exact) mass is 161 g/mol. The minimum atomic E-state index is 0.608. The Morgan fingerprint density at radius 1 is 1.50 bits per heavy atom. The quantitative estimate of drug-likeness (QED) is 0.675. The van der Waals surface area contributed by atoms with E-state index in [0.29, 0.717) is 16.8 Å². The molecule has 4 heteroatoms. The molecular weight excluding hydrogens is 156 g/mol. The molecule has 0 fully saturated rings. The van der Waals surface area contributed by atoms with Gasteiger partial charge < -0.3 is 9.73 Å². The van der Waals surface area contributed by atoms with Gasteiger partial charge in [-0.3, -0.25) is 4.79 Å². The number of hydrogen-bond acceptors (Lipinski definition) is 3. The average molecular weight is 161 g/mol. The number of anilines is 1. The molecule has 0 saturated carbocycles. The van der Waals surface area contributed by atoms with Gasteiger partial charge in [-0.2, -0.15) is 0 Å². The van der Waals surface area contributed by atoms with Crippen molar-refractivity contribution in [2.45, 2.75) is 0 Å². The third-order valence-corrected chi connectivity index (χ3v) is 1.55. The van der Waals surface area contributed by atoms with Crippen molar-refractivity contribution in [3.8, 4) is 0 Å². The summed E-state index contributed by atoms with van der Waals surface area (Å²) in [6.07, 6.45) is 2.92. The van der Waals surface area contributed by atoms with Gasteiger partial charge in [-0.05, 0) is 12.1 Å². The van der Waals surface area contributed by atoms with Gasteiger partial charge in [0.15, 0.2) is 12.0 Å². The maximum atomic E-state index is 10.0. The van der Waals surface area contributed by atoms with Gasteiger partial charge in [-0.25, -0.2) is 4.98 Å². The topological polar surface area (TPSA) is 55.1 Å². The minimum Gasteiger partial charge on any atom is -0.443 e. The van der Waals surface area contributed by atoms with Crippen molar-refractivity contribution in [3.05, 3.63) is 24.6 Å². The summed E-state index contributed by atoms with van der Waals surface area (Å²) in [6, 6.07) is 5.28. The summed E-state index contributed by atoms with van der Waals surface area (Å²) in [5, 5.41) is 2.41. The molecule has 0 aliphatic carbocycles. The van der Waals surface area contributed by atoms with Crippen molar-refractivity contribution in [2.24, 2.45) is 0 Å². The number of oxazole rings is 1. The molecular formula is C8H5N2O2. The van der Waals surface area contributed by atoms with E-state index < -0.39 is 0 Å². The Morgan fingerprint density at radius 2 is 2.42 bits per heavy atom. The van der Waals surface area contributed by atoms with Gasteiger partial charge in [0.25, 0.3) is 0 Å². The first-order valence-corrected chi connectivity index (χ1v) is 3.37. The number of nitrogens with one attached hydrogen (secondary N) is 1. The van der Waals surface area contributed by atoms with Crippen molar-refractivity contribution in [2.75, 3.05) is 5.32 Å². The molecule has 0 spiro atoms. The number of benzene rings is 1. The Morgan fingerprint density at radius 3 is 3.25 bits per heavy atom. The van der Waals surface area contributed by atoms with Crippen LogP contribution in [0.15, 0.2) is 29.0 Å². The molecule has 0 bridgehead atoms. The lowest BCUT2D eigenvalue weighted by atomic mass is 10.3. The maximum absolute atomic E-state index is 10.0. The van der Waals surface area contributed by atoms with E-state index in [2.05, 4.69) is 10.3 Å². The highest BCUT2D eigenvalue weighted by Crippen LogP contribution is 2.20. The minimum absolute atomic E-state index is 0.608. The van der Waals surface area contributed by atoms with E-state index in [-0.39, 0.29) is 0 Å². The molecule has 1 aromatic carbocycles. The van der Waals surface area contributed by atoms with Crippen LogP contribution in [0.4, 0.5) is 5.69 Å². The number of hydrogen-bond donors (Lipinski definition) is 1. The van der Waals surface area contributed by atoms with Gasteiger partial charge in [-0.15, -0.1) is 0 Å². The predicted molar refractivity (Wildman–Crippen MR) is 43.3 cm³/mol. The largest absolute Gasteiger partial charge is 0.443 e. The van der Waals surface area contributed by atoms with E-state index >= 15 is 0 Å². The summed E-state index contributed by atoms with van der Waals surface area (Å²) >= 11 is 0. The van der Waals surface area contributed by atoms with Crippen molar-refractivity contribution in [1.29, 1.82) is 0 Å². The van der Waals surface area contributed by atoms with Crippen LogP contribution in [0, 0.1) is 0 Å². The molecule has 12 heavy (non-hydrogen) atoms. The fourth-order valence-electron chi connectivity index (χ4n) is 1.04. The Labute approximate surface area is 68.2 Å². The first-order chi connectivity index (χ1) is 5.92. The molecule has 1 radical (unpaired) electrons. The van der Waals surface area contributed by atoms with Crippen LogP contribution in [0.1, 0.15) is 0 Å². The van der Waals surface area contributed by atoms with E-state index in [4.69, 9.17) is 4.42 Å². The summed E-state index contributed by atoms with van der Waals surface area (Å²) in [4.78, 5) is 14.0. The van der Waals surface area contributed by atoms with Crippen molar-refractivity contribution in [3.63, 3.8) is 0 Å². The lowest BCUT2D eigenvalue weighted by molar-refractivity contribution is 0.561. The number of carbonyl (C=O) groups excluding carboxylic acids is 1. The van der Waals surface area contributed by atoms with Crippen LogP contribution in [-0.2, 0) is 4.79 Å². The second-order valence-electron chi connectivity index (χ2n) is 2.23. The lowest BCUT2D eigenvalue weighted by Crippen LogP contribution is -1.93. The summed E-state index contributed by atoms with van der Waals surface area (Å²) < 4.78 is 5.02. The van der Waals surface area contributed by atoms with Gasteiger partial charge >= 0.3 is 6.41 Å². The third kappa shape index (κ3) is 0.934. The molecule has 1 N–H and O–H groups in total. The van der Waals surface area contributed by atoms with Crippen LogP contribution in [0.3, 0.4) is 0 Å². The first kappa shape index (κ1) is 6.84. The zero-order chi connectivity index (χ0) is 8.39. The Hall–Kier alpha value is -1.84. The standard InChI is InChI=1S/C8H5N2O2/c11-4-9-6-2-1-3-7-8(6)10-5-12-7/h1-3,5H,(H,9,11). The van der Waals surface area contributed by atoms with Gasteiger partial charge in [0, 0.05) is 0 Å². The lowest BCUT2D eigenvalue weighted by Gasteiger charge is -1.95. The van der Waals surface area contributed by atoms with Crippen LogP contribution in [0.25, 0.3) is 11.1 Å². The van der Waals surface area contributed by atoms with E-state index in [9.17, 15) is 4.79 Å². The Bertz CT molecular complexity index is 408. The van der Waals surface area contributed by atoms with Crippen molar-refractivity contribution in [1.82, 2.24) is 4.98 Å². The van der Waals surface area contributed by atoms with Crippen LogP contribution in [0.2, 0.25) is 0 Å². The zero-order valence-electron chi connectivity index (χ0n) is 6.07. The van der Waals surface area contributed by atoms with E-state index in [1.165, 1.54) is 6.39 Å². The van der Waals surface area contributed by atoms with E-state index in [0.717, 1.165) is 0 Å². The molecule has 1 heterocycles. The van der Waals surface area contributed by atoms with Gasteiger partial charge in [0.05, 0.1) is 5.69 Å². The Balaban J connectivity index is 2.65. The number of nitrogens with zero attached hydrogens (tertiary/aromatic N) is 1. The highest BCUT2D eigenvalue weighted by molar-refractivity contribution is 5.91. The molecule has 2 rings (SSSR count). The molecule has 2 aromatic rings. The maximum Gasteiger partial charge on any atom is 0.314 e. The molecule has 1 amide bonds. The highest BCUT2D eigenvalue weighted by Gasteiger charge is 2.02. The van der Waals surface area contributed by atoms with Crippen molar-refractivity contribution >= 4 is 23.2 Å². The molecule has 0 aliphatic rings. The Kier molecular flexibility index (Phi) is 1.51. The first-order valence-electron chi connectivity index (χ1n) is 3.37. The summed E-state index contributed by atoms with van der Waals surface area (Å²) in [6.45, 7) is 0. The van der Waals surface area contributed by atoms with E-state index in [1.54, 1.807) is 24.6 Å². The van der Waals surface area contributed by atoms with Crippen LogP contribution in [-0.4, -0.2) is 11.4 Å². The number of aromatic nitrogens is 1. The normalized spacial score (nSPS) is 10.0. The number of rotatable bonds is 2. The predicted octanol–water partition coefficient (Wildman–Crippen LogP) is 1.31. The fraction of sp³-hybridized carbons (Fsp3) is 0. The highest BCUT2D eigenvalue weighted by atomic mass is 16.3. The molecule has 59 valence electrons. The molecule has 0 aliphatic heterocycles. The summed E-state index contributed by atoms with van der Waals surface area (Å²) in [7, 11) is 0. The molecule has 4 nitrogen and oxygen atoms in total. The van der Waals surface area contributed by atoms with E-state index in [1.807, 2.05) is 0 Å². The summed E-state index contributed by atoms with van der Waals surface area (Å²) in [5.41, 5.74) is 1.90. The summed E-state index contributed by atoms with van der Waals surface area (Å²) in [5.74, 6) is 0. The molecule has 0 saturated heterocycles. The molecule has 0 atom stereocenters. The molecule has 0 unspecified atom stereocenters. The fourth-order valence-corrected chi connectivity index (χ4v) is 1.04. The van der Waals surface area contributed by atoms with Gasteiger partial charge in [0.2, 0.25) is 0 Å². The second kappa shape index (κ2) is 2.65. The molecule has 1 aromatic heterocycles. The third-order valence-electron chi connectivity index (χ3n) is 1.55. The van der Waals surface area contributed by atoms with Crippen LogP contribution in [0.5, 0.6) is 0 Å². The zero-order valence-corrected chi connectivity index (χ0v) is 6.07. The number of para-hydroxylation sites is 1. The number of amides is 1. The smallest absolute Gasteiger partial charge is 0.314 e.